The number of aromatic nitrogens is 3. The maximum absolute atomic E-state index is 10.7. The fourth-order valence-electron chi connectivity index (χ4n) is 1.01. The molecule has 0 atom stereocenters. The monoisotopic (exact) mass is 173 g/mol. The Balaban J connectivity index is 2.48. The van der Waals surface area contributed by atoms with Crippen LogP contribution in [-0.4, -0.2) is 15.0 Å². The minimum atomic E-state index is -0.201. The molecular formula is C9H7N3O. The van der Waals surface area contributed by atoms with Crippen molar-refractivity contribution in [1.82, 2.24) is 15.0 Å². The molecule has 4 heteroatoms. The molecule has 0 aliphatic heterocycles. The molecule has 0 aliphatic carbocycles. The van der Waals surface area contributed by atoms with Gasteiger partial charge < -0.3 is 4.98 Å². The molecule has 0 spiro atoms. The lowest BCUT2D eigenvalue weighted by atomic mass is 10.2. The van der Waals surface area contributed by atoms with E-state index in [-0.39, 0.29) is 5.56 Å². The summed E-state index contributed by atoms with van der Waals surface area (Å²) in [5, 5.41) is 0. The maximum atomic E-state index is 10.7. The van der Waals surface area contributed by atoms with Gasteiger partial charge in [-0.1, -0.05) is 0 Å². The topological polar surface area (TPSA) is 58.6 Å². The largest absolute Gasteiger partial charge is 0.326 e. The molecule has 4 nitrogen and oxygen atoms in total. The third kappa shape index (κ3) is 1.61. The number of hydrogen-bond donors (Lipinski definition) is 1. The highest BCUT2D eigenvalue weighted by Crippen LogP contribution is 2.11. The lowest BCUT2D eigenvalue weighted by Gasteiger charge is -1.96. The Kier molecular flexibility index (Phi) is 1.88. The lowest BCUT2D eigenvalue weighted by molar-refractivity contribution is 1.14. The van der Waals surface area contributed by atoms with Gasteiger partial charge in [0.1, 0.15) is 0 Å². The van der Waals surface area contributed by atoms with E-state index >= 15 is 0 Å². The minimum absolute atomic E-state index is 0.201. The number of aromatic amines is 1. The molecule has 2 aromatic rings. The standard InChI is InChI=1S/C9H7N3O/c13-9-6-11-8(5-12-9)7-2-1-3-10-4-7/h1-6H,(H,12,13). The number of hydrogen-bond acceptors (Lipinski definition) is 3. The summed E-state index contributed by atoms with van der Waals surface area (Å²) < 4.78 is 0. The first-order chi connectivity index (χ1) is 6.36. The van der Waals surface area contributed by atoms with Crippen LogP contribution in [0.2, 0.25) is 0 Å². The zero-order valence-corrected chi connectivity index (χ0v) is 6.77. The molecule has 13 heavy (non-hydrogen) atoms. The van der Waals surface area contributed by atoms with Crippen LogP contribution in [-0.2, 0) is 0 Å². The molecule has 0 radical (unpaired) electrons. The van der Waals surface area contributed by atoms with Crippen LogP contribution in [0.25, 0.3) is 11.3 Å². The molecule has 2 rings (SSSR count). The second-order valence-corrected chi connectivity index (χ2v) is 2.54. The number of nitrogens with one attached hydrogen (secondary N) is 1. The van der Waals surface area contributed by atoms with Gasteiger partial charge in [-0.2, -0.15) is 0 Å². The normalized spacial score (nSPS) is 9.85. The number of rotatable bonds is 1. The summed E-state index contributed by atoms with van der Waals surface area (Å²) in [7, 11) is 0. The second kappa shape index (κ2) is 3.18. The van der Waals surface area contributed by atoms with Crippen LogP contribution < -0.4 is 5.56 Å². The van der Waals surface area contributed by atoms with E-state index in [0.29, 0.717) is 5.69 Å². The lowest BCUT2D eigenvalue weighted by Crippen LogP contribution is -2.04. The van der Waals surface area contributed by atoms with Gasteiger partial charge in [0.15, 0.2) is 0 Å². The zero-order valence-electron chi connectivity index (χ0n) is 6.77. The highest BCUT2D eigenvalue weighted by molar-refractivity contribution is 5.55. The van der Waals surface area contributed by atoms with Crippen molar-refractivity contribution in [3.63, 3.8) is 0 Å². The Morgan fingerprint density at radius 2 is 2.23 bits per heavy atom. The first kappa shape index (κ1) is 7.67. The maximum Gasteiger partial charge on any atom is 0.266 e. The van der Waals surface area contributed by atoms with Crippen molar-refractivity contribution in [2.75, 3.05) is 0 Å². The third-order valence-corrected chi connectivity index (χ3v) is 1.63. The molecule has 2 heterocycles. The summed E-state index contributed by atoms with van der Waals surface area (Å²) in [6.45, 7) is 0. The van der Waals surface area contributed by atoms with Gasteiger partial charge >= 0.3 is 0 Å². The molecule has 0 saturated heterocycles. The van der Waals surface area contributed by atoms with E-state index in [1.54, 1.807) is 18.6 Å². The van der Waals surface area contributed by atoms with Crippen molar-refractivity contribution in [3.8, 4) is 11.3 Å². The molecule has 0 unspecified atom stereocenters. The fourth-order valence-corrected chi connectivity index (χ4v) is 1.01. The molecule has 1 N–H and O–H groups in total. The van der Waals surface area contributed by atoms with Gasteiger partial charge in [-0.25, -0.2) is 4.98 Å². The molecule has 0 bridgehead atoms. The van der Waals surface area contributed by atoms with Crippen LogP contribution in [0.15, 0.2) is 41.7 Å². The molecule has 0 amide bonds. The van der Waals surface area contributed by atoms with Gasteiger partial charge in [-0.3, -0.25) is 9.78 Å². The Hall–Kier alpha value is -1.97. The smallest absolute Gasteiger partial charge is 0.266 e. The van der Waals surface area contributed by atoms with Gasteiger partial charge in [0.25, 0.3) is 5.56 Å². The van der Waals surface area contributed by atoms with E-state index in [1.165, 1.54) is 6.20 Å². The average molecular weight is 173 g/mol. The average Bonchev–Trinajstić information content (AvgIpc) is 2.20. The van der Waals surface area contributed by atoms with Crippen molar-refractivity contribution >= 4 is 0 Å². The van der Waals surface area contributed by atoms with Crippen molar-refractivity contribution < 1.29 is 0 Å². The van der Waals surface area contributed by atoms with E-state index in [1.807, 2.05) is 12.1 Å². The summed E-state index contributed by atoms with van der Waals surface area (Å²) in [6, 6.07) is 3.70. The van der Waals surface area contributed by atoms with E-state index < -0.39 is 0 Å². The Bertz CT molecular complexity index is 429. The second-order valence-electron chi connectivity index (χ2n) is 2.54. The van der Waals surface area contributed by atoms with Crippen LogP contribution in [0.3, 0.4) is 0 Å². The molecule has 0 fully saturated rings. The molecule has 64 valence electrons. The summed E-state index contributed by atoms with van der Waals surface area (Å²) in [5.41, 5.74) is 1.40. The summed E-state index contributed by atoms with van der Waals surface area (Å²) in [4.78, 5) is 21.2. The van der Waals surface area contributed by atoms with E-state index in [9.17, 15) is 4.79 Å². The molecule has 0 aliphatic rings. The first-order valence-corrected chi connectivity index (χ1v) is 3.81. The van der Waals surface area contributed by atoms with Crippen LogP contribution >= 0.6 is 0 Å². The quantitative estimate of drug-likeness (QED) is 0.694. The van der Waals surface area contributed by atoms with Crippen molar-refractivity contribution in [3.05, 3.63) is 47.3 Å². The zero-order chi connectivity index (χ0) is 9.10. The molecule has 0 aromatic carbocycles. The van der Waals surface area contributed by atoms with Gasteiger partial charge in [0.2, 0.25) is 0 Å². The molecule has 0 saturated carbocycles. The van der Waals surface area contributed by atoms with Crippen molar-refractivity contribution in [1.29, 1.82) is 0 Å². The number of pyridine rings is 1. The van der Waals surface area contributed by atoms with E-state index in [0.717, 1.165) is 5.56 Å². The Morgan fingerprint density at radius 1 is 1.31 bits per heavy atom. The van der Waals surface area contributed by atoms with Crippen molar-refractivity contribution in [2.45, 2.75) is 0 Å². The fraction of sp³-hybridized carbons (Fsp3) is 0. The van der Waals surface area contributed by atoms with Crippen LogP contribution in [0.5, 0.6) is 0 Å². The third-order valence-electron chi connectivity index (χ3n) is 1.63. The van der Waals surface area contributed by atoms with Gasteiger partial charge in [-0.05, 0) is 12.1 Å². The van der Waals surface area contributed by atoms with Gasteiger partial charge in [0.05, 0.1) is 11.9 Å². The summed E-state index contributed by atoms with van der Waals surface area (Å²) in [6.07, 6.45) is 6.21. The Morgan fingerprint density at radius 3 is 2.85 bits per heavy atom. The first-order valence-electron chi connectivity index (χ1n) is 3.81. The highest BCUT2D eigenvalue weighted by Gasteiger charge is 1.96. The summed E-state index contributed by atoms with van der Waals surface area (Å²) in [5.74, 6) is 0. The highest BCUT2D eigenvalue weighted by atomic mass is 16.1. The predicted octanol–water partition coefficient (Wildman–Crippen LogP) is 0.832. The number of nitrogens with zero attached hydrogens (tertiary/aromatic N) is 2. The molecular weight excluding hydrogens is 166 g/mol. The predicted molar refractivity (Wildman–Crippen MR) is 48.1 cm³/mol. The van der Waals surface area contributed by atoms with Gasteiger partial charge in [-0.15, -0.1) is 0 Å². The van der Waals surface area contributed by atoms with E-state index in [2.05, 4.69) is 15.0 Å². The SMILES string of the molecule is O=c1cnc(-c2cccnc2)c[nH]1. The van der Waals surface area contributed by atoms with Crippen LogP contribution in [0, 0.1) is 0 Å². The van der Waals surface area contributed by atoms with Crippen LogP contribution in [0.1, 0.15) is 0 Å². The minimum Gasteiger partial charge on any atom is -0.326 e. The van der Waals surface area contributed by atoms with E-state index in [4.69, 9.17) is 0 Å². The number of H-pyrrole nitrogens is 1. The van der Waals surface area contributed by atoms with Crippen LogP contribution in [0.4, 0.5) is 0 Å². The molecule has 2 aromatic heterocycles. The summed E-state index contributed by atoms with van der Waals surface area (Å²) >= 11 is 0. The van der Waals surface area contributed by atoms with Gasteiger partial charge in [0, 0.05) is 24.2 Å². The Labute approximate surface area is 74.3 Å². The van der Waals surface area contributed by atoms with Crippen molar-refractivity contribution in [2.24, 2.45) is 0 Å².